The molecule has 1 fully saturated rings. The second-order valence-electron chi connectivity index (χ2n) is 7.06. The molecule has 0 spiro atoms. The lowest BCUT2D eigenvalue weighted by Crippen LogP contribution is -2.51. The van der Waals surface area contributed by atoms with E-state index in [1.807, 2.05) is 30.3 Å². The van der Waals surface area contributed by atoms with Gasteiger partial charge in [0.05, 0.1) is 4.90 Å². The molecule has 28 heavy (non-hydrogen) atoms. The molecule has 0 radical (unpaired) electrons. The molecule has 2 aromatic carbocycles. The number of carbonyl (C=O) groups is 1. The number of anilines is 1. The fourth-order valence-corrected chi connectivity index (χ4v) is 5.86. The van der Waals surface area contributed by atoms with Crippen LogP contribution in [0.5, 0.6) is 0 Å². The van der Waals surface area contributed by atoms with Crippen molar-refractivity contribution in [3.8, 4) is 0 Å². The van der Waals surface area contributed by atoms with Gasteiger partial charge in [0.15, 0.2) is 14.6 Å². The number of hydrogen-bond acceptors (Lipinski definition) is 4. The van der Waals surface area contributed by atoms with Crippen molar-refractivity contribution in [3.05, 3.63) is 59.6 Å². The van der Waals surface area contributed by atoms with E-state index in [1.54, 1.807) is 12.1 Å². The van der Waals surface area contributed by atoms with Crippen molar-refractivity contribution in [1.29, 1.82) is 0 Å². The number of benzene rings is 2. The van der Waals surface area contributed by atoms with E-state index in [1.165, 1.54) is 12.1 Å². The molecule has 3 rings (SSSR count). The van der Waals surface area contributed by atoms with E-state index in [-0.39, 0.29) is 10.8 Å². The molecule has 0 atom stereocenters. The lowest BCUT2D eigenvalue weighted by Gasteiger charge is -2.27. The molecule has 0 bridgehead atoms. The lowest BCUT2D eigenvalue weighted by atomic mass is 10.1. The minimum atomic E-state index is -3.79. The van der Waals surface area contributed by atoms with Crippen LogP contribution < -0.4 is 10.6 Å². The first-order chi connectivity index (χ1) is 13.5. The largest absolute Gasteiger partial charge is 0.385 e. The summed E-state index contributed by atoms with van der Waals surface area (Å²) in [4.78, 5) is 13.1. The Kier molecular flexibility index (Phi) is 6.62. The van der Waals surface area contributed by atoms with Gasteiger partial charge in [-0.3, -0.25) is 4.79 Å². The SMILES string of the molecule is O=C(NCCCNc1ccccc1)C1(S(=O)(=O)c2ccc(Cl)cc2)CCCC1. The predicted octanol–water partition coefficient (Wildman–Crippen LogP) is 4.04. The molecular formula is C21H25ClN2O3S. The number of amides is 1. The number of hydrogen-bond donors (Lipinski definition) is 2. The molecule has 1 saturated carbocycles. The van der Waals surface area contributed by atoms with Crippen LogP contribution in [0.2, 0.25) is 5.02 Å². The van der Waals surface area contributed by atoms with Gasteiger partial charge < -0.3 is 10.6 Å². The van der Waals surface area contributed by atoms with Crippen molar-refractivity contribution >= 4 is 33.0 Å². The minimum absolute atomic E-state index is 0.152. The highest BCUT2D eigenvalue weighted by molar-refractivity contribution is 7.93. The highest BCUT2D eigenvalue weighted by atomic mass is 35.5. The summed E-state index contributed by atoms with van der Waals surface area (Å²) in [6.07, 6.45) is 2.88. The van der Waals surface area contributed by atoms with E-state index in [4.69, 9.17) is 11.6 Å². The average Bonchev–Trinajstić information content (AvgIpc) is 3.21. The lowest BCUT2D eigenvalue weighted by molar-refractivity contribution is -0.123. The van der Waals surface area contributed by atoms with Gasteiger partial charge in [0.2, 0.25) is 5.91 Å². The maximum absolute atomic E-state index is 13.3. The zero-order valence-electron chi connectivity index (χ0n) is 15.7. The molecule has 1 aliphatic rings. The summed E-state index contributed by atoms with van der Waals surface area (Å²) in [6, 6.07) is 15.9. The average molecular weight is 421 g/mol. The summed E-state index contributed by atoms with van der Waals surface area (Å²) in [5, 5.41) is 6.60. The molecule has 0 aromatic heterocycles. The molecule has 0 heterocycles. The summed E-state index contributed by atoms with van der Waals surface area (Å²) >= 11 is 5.88. The third-order valence-electron chi connectivity index (χ3n) is 5.21. The molecule has 150 valence electrons. The second-order valence-corrected chi connectivity index (χ2v) is 9.76. The normalized spacial score (nSPS) is 15.9. The van der Waals surface area contributed by atoms with Gasteiger partial charge in [0, 0.05) is 23.8 Å². The Balaban J connectivity index is 1.62. The van der Waals surface area contributed by atoms with Gasteiger partial charge in [0.1, 0.15) is 0 Å². The summed E-state index contributed by atoms with van der Waals surface area (Å²) in [7, 11) is -3.79. The van der Waals surface area contributed by atoms with Crippen LogP contribution >= 0.6 is 11.6 Å². The van der Waals surface area contributed by atoms with Crippen LogP contribution in [-0.4, -0.2) is 32.2 Å². The van der Waals surface area contributed by atoms with Crippen LogP contribution in [0.4, 0.5) is 5.69 Å². The molecule has 5 nitrogen and oxygen atoms in total. The Morgan fingerprint density at radius 3 is 2.25 bits per heavy atom. The molecule has 0 saturated heterocycles. The van der Waals surface area contributed by atoms with Gasteiger partial charge in [-0.15, -0.1) is 0 Å². The summed E-state index contributed by atoms with van der Waals surface area (Å²) < 4.78 is 25.2. The summed E-state index contributed by atoms with van der Waals surface area (Å²) in [5.74, 6) is -0.389. The Morgan fingerprint density at radius 1 is 0.964 bits per heavy atom. The standard InChI is InChI=1S/C21H25ClN2O3S/c22-17-9-11-19(12-10-17)28(26,27)21(13-4-5-14-21)20(25)24-16-6-15-23-18-7-2-1-3-8-18/h1-3,7-12,23H,4-6,13-16H2,(H,24,25). The van der Waals surface area contributed by atoms with Crippen molar-refractivity contribution in [3.63, 3.8) is 0 Å². The molecule has 7 heteroatoms. The van der Waals surface area contributed by atoms with E-state index in [0.29, 0.717) is 37.4 Å². The van der Waals surface area contributed by atoms with Gasteiger partial charge >= 0.3 is 0 Å². The van der Waals surface area contributed by atoms with Crippen LogP contribution in [0, 0.1) is 0 Å². The molecule has 1 amide bonds. The number of para-hydroxylation sites is 1. The second kappa shape index (κ2) is 8.97. The number of halogens is 1. The Labute approximate surface area is 171 Å². The number of nitrogens with one attached hydrogen (secondary N) is 2. The monoisotopic (exact) mass is 420 g/mol. The van der Waals surface area contributed by atoms with Crippen LogP contribution in [-0.2, 0) is 14.6 Å². The van der Waals surface area contributed by atoms with Crippen molar-refractivity contribution < 1.29 is 13.2 Å². The van der Waals surface area contributed by atoms with Crippen LogP contribution in [0.25, 0.3) is 0 Å². The van der Waals surface area contributed by atoms with E-state index in [9.17, 15) is 13.2 Å². The van der Waals surface area contributed by atoms with E-state index in [2.05, 4.69) is 10.6 Å². The van der Waals surface area contributed by atoms with Gasteiger partial charge in [-0.1, -0.05) is 42.6 Å². The van der Waals surface area contributed by atoms with Crippen molar-refractivity contribution in [2.75, 3.05) is 18.4 Å². The van der Waals surface area contributed by atoms with Crippen molar-refractivity contribution in [2.45, 2.75) is 41.7 Å². The van der Waals surface area contributed by atoms with Crippen LogP contribution in [0.3, 0.4) is 0 Å². The van der Waals surface area contributed by atoms with Crippen molar-refractivity contribution in [1.82, 2.24) is 5.32 Å². The molecule has 2 aromatic rings. The van der Waals surface area contributed by atoms with Gasteiger partial charge in [-0.25, -0.2) is 8.42 Å². The van der Waals surface area contributed by atoms with Gasteiger partial charge in [-0.2, -0.15) is 0 Å². The topological polar surface area (TPSA) is 75.3 Å². The third kappa shape index (κ3) is 4.33. The highest BCUT2D eigenvalue weighted by Gasteiger charge is 2.52. The molecular weight excluding hydrogens is 396 g/mol. The first-order valence-corrected chi connectivity index (χ1v) is 11.4. The number of rotatable bonds is 8. The zero-order valence-corrected chi connectivity index (χ0v) is 17.2. The van der Waals surface area contributed by atoms with Gasteiger partial charge in [0.25, 0.3) is 0 Å². The fraction of sp³-hybridized carbons (Fsp3) is 0.381. The van der Waals surface area contributed by atoms with E-state index < -0.39 is 14.6 Å². The van der Waals surface area contributed by atoms with Gasteiger partial charge in [-0.05, 0) is 55.7 Å². The number of sulfone groups is 1. The zero-order chi connectivity index (χ0) is 20.0. The molecule has 1 aliphatic carbocycles. The first-order valence-electron chi connectivity index (χ1n) is 9.53. The Hall–Kier alpha value is -2.05. The Bertz CT molecular complexity index is 893. The first kappa shape index (κ1) is 20.7. The smallest absolute Gasteiger partial charge is 0.241 e. The fourth-order valence-electron chi connectivity index (χ4n) is 3.64. The molecule has 0 unspecified atom stereocenters. The number of carbonyl (C=O) groups excluding carboxylic acids is 1. The predicted molar refractivity (Wildman–Crippen MR) is 112 cm³/mol. The summed E-state index contributed by atoms with van der Waals surface area (Å²) in [6.45, 7) is 1.12. The minimum Gasteiger partial charge on any atom is -0.385 e. The Morgan fingerprint density at radius 2 is 1.61 bits per heavy atom. The quantitative estimate of drug-likeness (QED) is 0.632. The third-order valence-corrected chi connectivity index (χ3v) is 7.97. The molecule has 2 N–H and O–H groups in total. The van der Waals surface area contributed by atoms with Crippen molar-refractivity contribution in [2.24, 2.45) is 0 Å². The highest BCUT2D eigenvalue weighted by Crippen LogP contribution is 2.41. The maximum Gasteiger partial charge on any atom is 0.241 e. The molecule has 0 aliphatic heterocycles. The maximum atomic E-state index is 13.3. The summed E-state index contributed by atoms with van der Waals surface area (Å²) in [5.41, 5.74) is 1.02. The van der Waals surface area contributed by atoms with Crippen LogP contribution in [0.1, 0.15) is 32.1 Å². The van der Waals surface area contributed by atoms with Crippen LogP contribution in [0.15, 0.2) is 59.5 Å². The van der Waals surface area contributed by atoms with E-state index >= 15 is 0 Å². The van der Waals surface area contributed by atoms with E-state index in [0.717, 1.165) is 18.5 Å².